The Morgan fingerprint density at radius 1 is 0.475 bits per heavy atom. The summed E-state index contributed by atoms with van der Waals surface area (Å²) in [6.45, 7) is 4.81. The molecule has 280 valence electrons. The van der Waals surface area contributed by atoms with Crippen molar-refractivity contribution in [2.24, 2.45) is 5.92 Å². The van der Waals surface area contributed by atoms with Crippen molar-refractivity contribution in [2.45, 2.75) is 25.2 Å². The summed E-state index contributed by atoms with van der Waals surface area (Å²) in [7, 11) is 0. The van der Waals surface area contributed by atoms with Crippen molar-refractivity contribution in [1.82, 2.24) is 14.1 Å². The second-order valence-corrected chi connectivity index (χ2v) is 16.8. The van der Waals surface area contributed by atoms with E-state index in [0.717, 1.165) is 11.4 Å². The Labute approximate surface area is 343 Å². The van der Waals surface area contributed by atoms with Crippen LogP contribution in [-0.4, -0.2) is 14.1 Å². The molecule has 2 aliphatic carbocycles. The van der Waals surface area contributed by atoms with Crippen LogP contribution in [0, 0.1) is 5.92 Å². The van der Waals surface area contributed by atoms with Crippen LogP contribution in [0.4, 0.5) is 0 Å². The Kier molecular flexibility index (Phi) is 7.40. The number of hydrogen-bond acceptors (Lipinski definition) is 1. The molecule has 0 N–H and O–H groups in total. The van der Waals surface area contributed by atoms with E-state index in [1.54, 1.807) is 0 Å². The normalized spacial score (nSPS) is 16.8. The van der Waals surface area contributed by atoms with Gasteiger partial charge < -0.3 is 9.13 Å². The fourth-order valence-electron chi connectivity index (χ4n) is 10.4. The summed E-state index contributed by atoms with van der Waals surface area (Å²) < 4.78 is 4.80. The lowest BCUT2D eigenvalue weighted by Crippen LogP contribution is -2.25. The third-order valence-corrected chi connectivity index (χ3v) is 13.3. The lowest BCUT2D eigenvalue weighted by atomic mass is 9.73. The van der Waals surface area contributed by atoms with Crippen LogP contribution in [0.25, 0.3) is 82.9 Å². The summed E-state index contributed by atoms with van der Waals surface area (Å²) in [4.78, 5) is 4.69. The minimum absolute atomic E-state index is 0.0319. The molecule has 2 atom stereocenters. The summed E-state index contributed by atoms with van der Waals surface area (Å²) >= 11 is 0. The highest BCUT2D eigenvalue weighted by molar-refractivity contribution is 6.13. The Morgan fingerprint density at radius 2 is 1.02 bits per heavy atom. The van der Waals surface area contributed by atoms with Crippen molar-refractivity contribution in [1.29, 1.82) is 0 Å². The number of pyridine rings is 1. The quantitative estimate of drug-likeness (QED) is 0.172. The fourth-order valence-corrected chi connectivity index (χ4v) is 10.4. The van der Waals surface area contributed by atoms with E-state index in [0.29, 0.717) is 11.8 Å². The van der Waals surface area contributed by atoms with Gasteiger partial charge in [-0.15, -0.1) is 0 Å². The zero-order valence-corrected chi connectivity index (χ0v) is 33.0. The van der Waals surface area contributed by atoms with E-state index in [2.05, 4.69) is 216 Å². The Bertz CT molecular complexity index is 3340. The molecule has 0 fully saturated rings. The molecule has 2 unspecified atom stereocenters. The summed E-state index contributed by atoms with van der Waals surface area (Å²) in [5, 5.41) is 5.03. The largest absolute Gasteiger partial charge is 0.309 e. The van der Waals surface area contributed by atoms with Crippen molar-refractivity contribution in [3.63, 3.8) is 0 Å². The van der Waals surface area contributed by atoms with E-state index in [1.165, 1.54) is 88.3 Å². The first-order chi connectivity index (χ1) is 29.0. The van der Waals surface area contributed by atoms with Crippen LogP contribution in [0.5, 0.6) is 0 Å². The number of allylic oxidation sites excluding steroid dienone is 4. The maximum atomic E-state index is 4.69. The average Bonchev–Trinajstić information content (AvgIpc) is 3.89. The van der Waals surface area contributed by atoms with Crippen LogP contribution < -0.4 is 0 Å². The summed E-state index contributed by atoms with van der Waals surface area (Å²) in [5.74, 6) is 0.685. The summed E-state index contributed by atoms with van der Waals surface area (Å²) in [6.07, 6.45) is 9.26. The molecule has 0 aliphatic heterocycles. The zero-order valence-electron chi connectivity index (χ0n) is 33.0. The van der Waals surface area contributed by atoms with Crippen LogP contribution in [0.2, 0.25) is 0 Å². The predicted molar refractivity (Wildman–Crippen MR) is 247 cm³/mol. The van der Waals surface area contributed by atoms with Gasteiger partial charge >= 0.3 is 0 Å². The summed E-state index contributed by atoms with van der Waals surface area (Å²) in [6, 6.07) is 64.4. The van der Waals surface area contributed by atoms with Gasteiger partial charge in [-0.1, -0.05) is 123 Å². The lowest BCUT2D eigenvalue weighted by molar-refractivity contribution is 0.395. The standard InChI is InChI=1S/C56H41N3/c1-56(2)49-25-20-36(31-44(49)45-35-40(21-26-50(45)56)51-18-11-12-30-57-51)38-23-28-54-47(33-38)48-34-39(24-29-55(48)59(54)42-15-7-4-8-16-42)37-22-27-53-46(32-37)43-17-9-10-19-52(43)58(53)41-13-5-3-6-14-41/h3-35,44,49H,1-2H3. The smallest absolute Gasteiger partial charge is 0.0702 e. The SMILES string of the molecule is CC1(C)c2ccc(-c3ccccn3)cc2C2C=C(c3ccc4c(c3)c3cc(-c5ccc6c(c5)c5ccccc5n6-c5ccccc5)ccc3n4-c3ccccc3)C=CC21. The van der Waals surface area contributed by atoms with Crippen molar-refractivity contribution < 1.29 is 0 Å². The van der Waals surface area contributed by atoms with E-state index in [1.807, 2.05) is 12.3 Å². The molecule has 10 aromatic rings. The zero-order chi connectivity index (χ0) is 39.2. The van der Waals surface area contributed by atoms with Gasteiger partial charge in [0.05, 0.1) is 27.8 Å². The molecule has 0 amide bonds. The van der Waals surface area contributed by atoms with Crippen molar-refractivity contribution in [3.05, 3.63) is 217 Å². The van der Waals surface area contributed by atoms with Crippen LogP contribution in [0.15, 0.2) is 200 Å². The lowest BCUT2D eigenvalue weighted by Gasteiger charge is -2.30. The monoisotopic (exact) mass is 755 g/mol. The van der Waals surface area contributed by atoms with Crippen LogP contribution in [0.1, 0.15) is 36.5 Å². The maximum Gasteiger partial charge on any atom is 0.0702 e. The van der Waals surface area contributed by atoms with Crippen LogP contribution in [0.3, 0.4) is 0 Å². The van der Waals surface area contributed by atoms with Crippen LogP contribution in [-0.2, 0) is 5.41 Å². The molecule has 0 saturated heterocycles. The highest BCUT2D eigenvalue weighted by Gasteiger charge is 2.45. The Balaban J connectivity index is 1.01. The van der Waals surface area contributed by atoms with Crippen molar-refractivity contribution >= 4 is 49.2 Å². The minimum Gasteiger partial charge on any atom is -0.309 e. The molecule has 7 aromatic carbocycles. The molecule has 0 spiro atoms. The number of aromatic nitrogens is 3. The molecular formula is C56H41N3. The Hall–Kier alpha value is -7.23. The molecule has 2 aliphatic rings. The van der Waals surface area contributed by atoms with Crippen molar-refractivity contribution in [3.8, 4) is 33.8 Å². The third kappa shape index (κ3) is 5.17. The molecule has 12 rings (SSSR count). The van der Waals surface area contributed by atoms with Gasteiger partial charge in [-0.2, -0.15) is 0 Å². The van der Waals surface area contributed by atoms with E-state index in [4.69, 9.17) is 0 Å². The maximum absolute atomic E-state index is 4.69. The number of rotatable bonds is 5. The van der Waals surface area contributed by atoms with Crippen molar-refractivity contribution in [2.75, 3.05) is 0 Å². The van der Waals surface area contributed by atoms with Gasteiger partial charge in [0.1, 0.15) is 0 Å². The van der Waals surface area contributed by atoms with Gasteiger partial charge in [-0.05, 0) is 130 Å². The summed E-state index contributed by atoms with van der Waals surface area (Å²) in [5.41, 5.74) is 17.2. The van der Waals surface area contributed by atoms with E-state index in [-0.39, 0.29) is 5.41 Å². The molecular weight excluding hydrogens is 715 g/mol. The molecule has 59 heavy (non-hydrogen) atoms. The molecule has 3 heteroatoms. The van der Waals surface area contributed by atoms with Gasteiger partial charge in [0, 0.05) is 50.6 Å². The molecule has 0 radical (unpaired) electrons. The van der Waals surface area contributed by atoms with Gasteiger partial charge in [0.15, 0.2) is 0 Å². The molecule has 0 bridgehead atoms. The highest BCUT2D eigenvalue weighted by Crippen LogP contribution is 2.55. The first-order valence-electron chi connectivity index (χ1n) is 20.7. The Morgan fingerprint density at radius 3 is 1.66 bits per heavy atom. The second kappa shape index (κ2) is 12.9. The average molecular weight is 756 g/mol. The topological polar surface area (TPSA) is 22.8 Å². The van der Waals surface area contributed by atoms with Gasteiger partial charge in [0.2, 0.25) is 0 Å². The van der Waals surface area contributed by atoms with E-state index >= 15 is 0 Å². The number of fused-ring (bicyclic) bond motifs is 9. The van der Waals surface area contributed by atoms with Gasteiger partial charge in [-0.3, -0.25) is 4.98 Å². The first-order valence-corrected chi connectivity index (χ1v) is 20.7. The van der Waals surface area contributed by atoms with E-state index in [9.17, 15) is 0 Å². The van der Waals surface area contributed by atoms with Gasteiger partial charge in [0.25, 0.3) is 0 Å². The number of benzene rings is 7. The third-order valence-electron chi connectivity index (χ3n) is 13.3. The minimum atomic E-state index is 0.0319. The number of nitrogens with zero attached hydrogens (tertiary/aromatic N) is 3. The fraction of sp³-hybridized carbons (Fsp3) is 0.0893. The molecule has 3 nitrogen and oxygen atoms in total. The number of para-hydroxylation sites is 3. The highest BCUT2D eigenvalue weighted by atomic mass is 15.0. The molecule has 3 aromatic heterocycles. The second-order valence-electron chi connectivity index (χ2n) is 16.8. The van der Waals surface area contributed by atoms with E-state index < -0.39 is 0 Å². The van der Waals surface area contributed by atoms with Gasteiger partial charge in [-0.25, -0.2) is 0 Å². The van der Waals surface area contributed by atoms with Crippen LogP contribution >= 0.6 is 0 Å². The first kappa shape index (κ1) is 33.9. The molecule has 0 saturated carbocycles. The predicted octanol–water partition coefficient (Wildman–Crippen LogP) is 14.3. The number of hydrogen-bond donors (Lipinski definition) is 0. The molecule has 3 heterocycles.